The lowest BCUT2D eigenvalue weighted by Crippen LogP contribution is -2.35. The Morgan fingerprint density at radius 3 is 2.85 bits per heavy atom. The molecule has 10 heteroatoms. The first-order valence-corrected chi connectivity index (χ1v) is 10.9. The molecule has 0 unspecified atom stereocenters. The number of nitrogens with zero attached hydrogens (tertiary/aromatic N) is 3. The van der Waals surface area contributed by atoms with Crippen molar-refractivity contribution in [3.8, 4) is 5.75 Å². The van der Waals surface area contributed by atoms with Crippen LogP contribution in [0.25, 0.3) is 6.08 Å². The maximum absolute atomic E-state index is 12.4. The van der Waals surface area contributed by atoms with E-state index in [1.54, 1.807) is 12.1 Å². The van der Waals surface area contributed by atoms with Gasteiger partial charge in [-0.3, -0.25) is 10.2 Å². The smallest absolute Gasteiger partial charge is 0.306 e. The van der Waals surface area contributed by atoms with Gasteiger partial charge >= 0.3 is 10.1 Å². The summed E-state index contributed by atoms with van der Waals surface area (Å²) in [4.78, 5) is 16.4. The molecule has 1 N–H and O–H groups in total. The zero-order chi connectivity index (χ0) is 19.6. The van der Waals surface area contributed by atoms with Crippen LogP contribution in [0.3, 0.4) is 0 Å². The zero-order valence-electron chi connectivity index (χ0n) is 14.8. The highest BCUT2D eigenvalue weighted by molar-refractivity contribution is 8.26. The Balaban J connectivity index is 1.88. The molecule has 0 aromatic heterocycles. The van der Waals surface area contributed by atoms with Crippen LogP contribution in [0.15, 0.2) is 39.9 Å². The average molecular weight is 406 g/mol. The fraction of sp³-hybridized carbons (Fsp3) is 0.294. The van der Waals surface area contributed by atoms with Crippen molar-refractivity contribution < 1.29 is 17.4 Å². The number of unbranched alkanes of at least 4 members (excludes halogenated alkanes) is 1. The first-order chi connectivity index (χ1) is 12.8. The number of amidine groups is 2. The van der Waals surface area contributed by atoms with Gasteiger partial charge in [-0.05, 0) is 48.4 Å². The highest BCUT2D eigenvalue weighted by Crippen LogP contribution is 2.30. The lowest BCUT2D eigenvalue weighted by atomic mass is 10.1. The van der Waals surface area contributed by atoms with Crippen molar-refractivity contribution in [3.63, 3.8) is 0 Å². The molecule has 0 saturated heterocycles. The van der Waals surface area contributed by atoms with E-state index in [1.807, 2.05) is 0 Å². The van der Waals surface area contributed by atoms with E-state index in [2.05, 4.69) is 17.0 Å². The van der Waals surface area contributed by atoms with E-state index in [4.69, 9.17) is 9.59 Å². The fourth-order valence-corrected chi connectivity index (χ4v) is 3.84. The van der Waals surface area contributed by atoms with Gasteiger partial charge in [0.1, 0.15) is 10.8 Å². The molecule has 3 rings (SSSR count). The Morgan fingerprint density at radius 2 is 2.15 bits per heavy atom. The second-order valence-electron chi connectivity index (χ2n) is 5.98. The number of hydrazone groups is 1. The topological polar surface area (TPSA) is 112 Å². The Kier molecular flexibility index (Phi) is 5.47. The van der Waals surface area contributed by atoms with E-state index in [-0.39, 0.29) is 17.2 Å². The molecule has 1 amide bonds. The summed E-state index contributed by atoms with van der Waals surface area (Å²) in [5, 5.41) is 15.3. The highest BCUT2D eigenvalue weighted by atomic mass is 32.2. The van der Waals surface area contributed by atoms with Crippen LogP contribution in [0.2, 0.25) is 0 Å². The molecule has 0 saturated carbocycles. The minimum atomic E-state index is -3.65. The number of rotatable bonds is 6. The van der Waals surface area contributed by atoms with Crippen molar-refractivity contribution in [3.05, 3.63) is 35.4 Å². The summed E-state index contributed by atoms with van der Waals surface area (Å²) in [6, 6.07) is 6.25. The quantitative estimate of drug-likeness (QED) is 0.574. The van der Waals surface area contributed by atoms with Crippen molar-refractivity contribution in [2.75, 3.05) is 6.26 Å². The van der Waals surface area contributed by atoms with Crippen molar-refractivity contribution in [2.45, 2.75) is 26.2 Å². The molecule has 1 aromatic rings. The molecule has 0 atom stereocenters. The molecule has 0 radical (unpaired) electrons. The first kappa shape index (κ1) is 19.3. The lowest BCUT2D eigenvalue weighted by Gasteiger charge is -2.20. The van der Waals surface area contributed by atoms with Crippen molar-refractivity contribution >= 4 is 49.9 Å². The molecular formula is C17H18N4O4S2. The SMILES string of the molecule is CCCCC1=NN2C(=N)/C(=C/c3cccc(OS(C)(=O)=O)c3)C(=O)N=C2S1. The molecule has 2 heterocycles. The predicted molar refractivity (Wildman–Crippen MR) is 106 cm³/mol. The van der Waals surface area contributed by atoms with E-state index < -0.39 is 16.0 Å². The molecule has 2 aliphatic heterocycles. The van der Waals surface area contributed by atoms with Gasteiger partial charge in [0.15, 0.2) is 5.84 Å². The predicted octanol–water partition coefficient (Wildman–Crippen LogP) is 2.83. The Morgan fingerprint density at radius 1 is 1.37 bits per heavy atom. The Hall–Kier alpha value is -2.46. The van der Waals surface area contributed by atoms with Gasteiger partial charge in [0.25, 0.3) is 5.91 Å². The molecular weight excluding hydrogens is 388 g/mol. The second-order valence-corrected chi connectivity index (χ2v) is 8.59. The van der Waals surface area contributed by atoms with Gasteiger partial charge in [0.05, 0.1) is 11.8 Å². The van der Waals surface area contributed by atoms with Gasteiger partial charge in [0, 0.05) is 0 Å². The van der Waals surface area contributed by atoms with Gasteiger partial charge in [-0.15, -0.1) is 0 Å². The van der Waals surface area contributed by atoms with Crippen LogP contribution in [0.1, 0.15) is 31.7 Å². The van der Waals surface area contributed by atoms with Crippen LogP contribution in [-0.2, 0) is 14.9 Å². The molecule has 142 valence electrons. The van der Waals surface area contributed by atoms with Crippen LogP contribution >= 0.6 is 11.8 Å². The molecule has 8 nitrogen and oxygen atoms in total. The van der Waals surface area contributed by atoms with E-state index in [0.29, 0.717) is 10.7 Å². The number of thioether (sulfide) groups is 1. The number of carbonyl (C=O) groups excluding carboxylic acids is 1. The third-order valence-corrected chi connectivity index (χ3v) is 5.12. The summed E-state index contributed by atoms with van der Waals surface area (Å²) in [5.41, 5.74) is 0.598. The number of amides is 1. The number of hydrogen-bond acceptors (Lipinski definition) is 7. The number of hydrogen-bond donors (Lipinski definition) is 1. The lowest BCUT2D eigenvalue weighted by molar-refractivity contribution is -0.114. The zero-order valence-corrected chi connectivity index (χ0v) is 16.4. The van der Waals surface area contributed by atoms with E-state index in [9.17, 15) is 13.2 Å². The molecule has 0 aliphatic carbocycles. The number of benzene rings is 1. The number of carbonyl (C=O) groups is 1. The van der Waals surface area contributed by atoms with Crippen molar-refractivity contribution in [1.82, 2.24) is 5.01 Å². The van der Waals surface area contributed by atoms with Crippen LogP contribution in [0, 0.1) is 5.41 Å². The van der Waals surface area contributed by atoms with E-state index in [1.165, 1.54) is 35.0 Å². The summed E-state index contributed by atoms with van der Waals surface area (Å²) in [5.74, 6) is -0.457. The summed E-state index contributed by atoms with van der Waals surface area (Å²) in [7, 11) is -3.65. The fourth-order valence-electron chi connectivity index (χ4n) is 2.46. The van der Waals surface area contributed by atoms with E-state index in [0.717, 1.165) is 30.6 Å². The van der Waals surface area contributed by atoms with Crippen LogP contribution in [0.5, 0.6) is 5.75 Å². The van der Waals surface area contributed by atoms with Crippen LogP contribution in [0.4, 0.5) is 0 Å². The van der Waals surface area contributed by atoms with Crippen LogP contribution < -0.4 is 4.18 Å². The highest BCUT2D eigenvalue weighted by Gasteiger charge is 2.35. The number of fused-ring (bicyclic) bond motifs is 1. The van der Waals surface area contributed by atoms with Crippen LogP contribution in [-0.4, -0.2) is 41.6 Å². The largest absolute Gasteiger partial charge is 0.383 e. The second kappa shape index (κ2) is 7.65. The summed E-state index contributed by atoms with van der Waals surface area (Å²) < 4.78 is 27.4. The van der Waals surface area contributed by atoms with Crippen molar-refractivity contribution in [2.24, 2.45) is 10.1 Å². The molecule has 0 bridgehead atoms. The standard InChI is InChI=1S/C17H18N4O4S2/c1-3-4-8-14-20-21-15(18)13(16(22)19-17(21)26-14)10-11-6-5-7-12(9-11)25-27(2,23)24/h5-7,9-10,18H,3-4,8H2,1-2H3/b13-10-,18-15?. The normalized spacial score (nSPS) is 18.4. The average Bonchev–Trinajstić information content (AvgIpc) is 2.98. The monoisotopic (exact) mass is 406 g/mol. The molecule has 1 aromatic carbocycles. The van der Waals surface area contributed by atoms with Gasteiger partial charge in [-0.2, -0.15) is 23.5 Å². The molecule has 27 heavy (non-hydrogen) atoms. The van der Waals surface area contributed by atoms with Gasteiger partial charge in [-0.25, -0.2) is 0 Å². The summed E-state index contributed by atoms with van der Waals surface area (Å²) in [6.45, 7) is 2.08. The molecule has 0 spiro atoms. The maximum Gasteiger partial charge on any atom is 0.306 e. The minimum Gasteiger partial charge on any atom is -0.383 e. The molecule has 2 aliphatic rings. The Labute approximate surface area is 161 Å². The number of aliphatic imine (C=N–C) groups is 1. The molecule has 0 fully saturated rings. The van der Waals surface area contributed by atoms with Gasteiger partial charge < -0.3 is 4.18 Å². The number of nitrogens with one attached hydrogen (secondary N) is 1. The van der Waals surface area contributed by atoms with Gasteiger partial charge in [0.2, 0.25) is 5.17 Å². The Bertz CT molecular complexity index is 996. The van der Waals surface area contributed by atoms with Gasteiger partial charge in [-0.1, -0.05) is 25.5 Å². The van der Waals surface area contributed by atoms with E-state index >= 15 is 0 Å². The minimum absolute atomic E-state index is 0.0570. The summed E-state index contributed by atoms with van der Waals surface area (Å²) in [6.07, 6.45) is 5.21. The summed E-state index contributed by atoms with van der Waals surface area (Å²) >= 11 is 1.31. The third kappa shape index (κ3) is 4.64. The van der Waals surface area contributed by atoms with Crippen molar-refractivity contribution in [1.29, 1.82) is 5.41 Å². The third-order valence-electron chi connectivity index (χ3n) is 3.66. The first-order valence-electron chi connectivity index (χ1n) is 8.25. The maximum atomic E-state index is 12.4.